The molecule has 10 nitrogen and oxygen atoms in total. The fourth-order valence-electron chi connectivity index (χ4n) is 6.89. The molecule has 2 saturated carbocycles. The number of aliphatic hydroxyl groups excluding tert-OH is 1. The maximum atomic E-state index is 13.9. The minimum Gasteiger partial charge on any atom is -0.507 e. The average molecular weight is 515 g/mol. The molecule has 0 heterocycles. The van der Waals surface area contributed by atoms with E-state index in [1.54, 1.807) is 12.1 Å². The lowest BCUT2D eigenvalue weighted by atomic mass is 9.51. The number of fused-ring (bicyclic) bond motifs is 3. The molecule has 0 saturated heterocycles. The van der Waals surface area contributed by atoms with Gasteiger partial charge in [-0.3, -0.25) is 28.9 Å². The van der Waals surface area contributed by atoms with Gasteiger partial charge in [0.1, 0.15) is 5.75 Å². The Balaban J connectivity index is 1.89. The number of carbonyl (C=O) groups is 5. The van der Waals surface area contributed by atoms with E-state index in [1.165, 1.54) is 19.0 Å². The van der Waals surface area contributed by atoms with Crippen molar-refractivity contribution in [3.63, 3.8) is 0 Å². The number of likely N-dealkylation sites (N-methyl/N-ethyl adjacent to an activating group) is 1. The van der Waals surface area contributed by atoms with E-state index in [0.29, 0.717) is 11.1 Å². The van der Waals surface area contributed by atoms with E-state index in [-0.39, 0.29) is 17.7 Å². The number of rotatable bonds is 5. The zero-order valence-electron chi connectivity index (χ0n) is 21.6. The second kappa shape index (κ2) is 8.82. The largest absolute Gasteiger partial charge is 0.507 e. The van der Waals surface area contributed by atoms with Crippen molar-refractivity contribution in [2.75, 3.05) is 14.1 Å². The number of benzene rings is 1. The Labute approximate surface area is 214 Å². The van der Waals surface area contributed by atoms with Gasteiger partial charge in [-0.1, -0.05) is 39.3 Å². The first-order valence-corrected chi connectivity index (χ1v) is 12.5. The molecule has 7 atom stereocenters. The second-order valence-electron chi connectivity index (χ2n) is 11.5. The molecule has 1 aromatic rings. The van der Waals surface area contributed by atoms with Gasteiger partial charge in [0.2, 0.25) is 5.91 Å². The summed E-state index contributed by atoms with van der Waals surface area (Å²) in [5, 5.41) is 34.3. The highest BCUT2D eigenvalue weighted by molar-refractivity contribution is 6.32. The number of hydrogen-bond acceptors (Lipinski definition) is 9. The number of hydrogen-bond donors (Lipinski definition) is 4. The third-order valence-corrected chi connectivity index (χ3v) is 8.62. The molecule has 0 aliphatic heterocycles. The fraction of sp³-hybridized carbons (Fsp3) is 0.593. The standard InChI is InChI=1S/C27H34N2O8/c1-6-9-26(2,3)13-8-7-11-10-12-15(21(32)14(11)20(13)31)23(34)27(37)17(19(12)30)18(29(4)5)22(33)16(24(27)35)25(28)36/h7-8,12,15-19,30-31,37H,6,9-10H2,1-5H3,(H2,28,36)/t12-,15?,16?,17-,18+,19+,27+/m0/s1. The lowest BCUT2D eigenvalue weighted by Crippen LogP contribution is -2.77. The number of aliphatic hydroxyl groups is 2. The number of aromatic hydroxyl groups is 1. The molecular weight excluding hydrogens is 480 g/mol. The van der Waals surface area contributed by atoms with Gasteiger partial charge in [0.25, 0.3) is 0 Å². The Morgan fingerprint density at radius 3 is 2.32 bits per heavy atom. The first-order valence-electron chi connectivity index (χ1n) is 12.5. The number of nitrogens with two attached hydrogens (primary N) is 1. The SMILES string of the molecule is CCCC(C)(C)c1ccc2c(c1O)C(=O)C1C(=O)[C@@]3(O)C(=O)C(C(N)=O)C(=O)[C@H](N(C)C)[C@H]3[C@H](O)[C@H]1C2. The smallest absolute Gasteiger partial charge is 0.235 e. The maximum absolute atomic E-state index is 13.9. The van der Waals surface area contributed by atoms with Crippen LogP contribution in [0.5, 0.6) is 5.75 Å². The van der Waals surface area contributed by atoms with Gasteiger partial charge in [0, 0.05) is 11.5 Å². The monoisotopic (exact) mass is 514 g/mol. The predicted molar refractivity (Wildman–Crippen MR) is 131 cm³/mol. The van der Waals surface area contributed by atoms with Gasteiger partial charge in [-0.2, -0.15) is 0 Å². The van der Waals surface area contributed by atoms with Gasteiger partial charge < -0.3 is 21.1 Å². The minimum absolute atomic E-state index is 0.00898. The van der Waals surface area contributed by atoms with Gasteiger partial charge in [-0.15, -0.1) is 0 Å². The number of primary amides is 1. The summed E-state index contributed by atoms with van der Waals surface area (Å²) in [6.07, 6.45) is -0.0513. The Kier molecular flexibility index (Phi) is 6.46. The summed E-state index contributed by atoms with van der Waals surface area (Å²) in [5.74, 6) is -12.3. The predicted octanol–water partition coefficient (Wildman–Crippen LogP) is -0.0845. The van der Waals surface area contributed by atoms with Crippen LogP contribution in [0, 0.1) is 23.7 Å². The van der Waals surface area contributed by atoms with Crippen molar-refractivity contribution in [1.82, 2.24) is 4.90 Å². The molecule has 3 aliphatic carbocycles. The van der Waals surface area contributed by atoms with Gasteiger partial charge in [0.15, 0.2) is 34.7 Å². The first-order chi connectivity index (χ1) is 17.1. The molecule has 1 aromatic carbocycles. The molecule has 0 bridgehead atoms. The molecular formula is C27H34N2O8. The van der Waals surface area contributed by atoms with E-state index in [9.17, 15) is 39.3 Å². The van der Waals surface area contributed by atoms with Crippen molar-refractivity contribution in [3.05, 3.63) is 28.8 Å². The molecule has 0 radical (unpaired) electrons. The van der Waals surface area contributed by atoms with Crippen LogP contribution in [0.1, 0.15) is 55.1 Å². The van der Waals surface area contributed by atoms with Gasteiger partial charge in [-0.05, 0) is 37.9 Å². The van der Waals surface area contributed by atoms with Crippen molar-refractivity contribution >= 4 is 29.0 Å². The van der Waals surface area contributed by atoms with E-state index in [2.05, 4.69) is 0 Å². The lowest BCUT2D eigenvalue weighted by molar-refractivity contribution is -0.195. The van der Waals surface area contributed by atoms with E-state index < -0.39 is 75.9 Å². The number of ketones is 4. The minimum atomic E-state index is -2.98. The van der Waals surface area contributed by atoms with Gasteiger partial charge >= 0.3 is 0 Å². The van der Waals surface area contributed by atoms with Crippen molar-refractivity contribution in [1.29, 1.82) is 0 Å². The van der Waals surface area contributed by atoms with Crippen LogP contribution in [0.3, 0.4) is 0 Å². The quantitative estimate of drug-likeness (QED) is 0.391. The summed E-state index contributed by atoms with van der Waals surface area (Å²) in [6.45, 7) is 5.86. The summed E-state index contributed by atoms with van der Waals surface area (Å²) in [4.78, 5) is 67.5. The Morgan fingerprint density at radius 1 is 1.16 bits per heavy atom. The van der Waals surface area contributed by atoms with Crippen molar-refractivity contribution in [3.8, 4) is 5.75 Å². The van der Waals surface area contributed by atoms with Gasteiger partial charge in [-0.25, -0.2) is 0 Å². The van der Waals surface area contributed by atoms with Crippen LogP contribution in [-0.4, -0.2) is 81.1 Å². The van der Waals surface area contributed by atoms with E-state index in [0.717, 1.165) is 12.8 Å². The summed E-state index contributed by atoms with van der Waals surface area (Å²) in [7, 11) is 2.91. The average Bonchev–Trinajstić information content (AvgIpc) is 2.78. The maximum Gasteiger partial charge on any atom is 0.235 e. The summed E-state index contributed by atoms with van der Waals surface area (Å²) in [5.41, 5.74) is 2.75. The zero-order valence-corrected chi connectivity index (χ0v) is 21.6. The summed E-state index contributed by atoms with van der Waals surface area (Å²) < 4.78 is 0. The summed E-state index contributed by atoms with van der Waals surface area (Å²) in [6, 6.07) is 2.05. The second-order valence-corrected chi connectivity index (χ2v) is 11.5. The normalized spacial score (nSPS) is 33.7. The first kappa shape index (κ1) is 27.1. The molecule has 2 unspecified atom stereocenters. The lowest BCUT2D eigenvalue weighted by Gasteiger charge is -2.54. The zero-order chi connectivity index (χ0) is 27.8. The molecule has 2 fully saturated rings. The highest BCUT2D eigenvalue weighted by Crippen LogP contribution is 2.51. The van der Waals surface area contributed by atoms with E-state index >= 15 is 0 Å². The number of nitrogens with zero attached hydrogens (tertiary/aromatic N) is 1. The molecule has 4 rings (SSSR count). The number of phenols is 1. The number of phenolic OH excluding ortho intramolecular Hbond substituents is 1. The number of carbonyl (C=O) groups excluding carboxylic acids is 5. The third-order valence-electron chi connectivity index (χ3n) is 8.62. The molecule has 37 heavy (non-hydrogen) atoms. The van der Waals surface area contributed by atoms with Crippen LogP contribution in [-0.2, 0) is 31.0 Å². The third kappa shape index (κ3) is 3.60. The van der Waals surface area contributed by atoms with Crippen LogP contribution in [0.15, 0.2) is 12.1 Å². The van der Waals surface area contributed by atoms with Crippen LogP contribution >= 0.6 is 0 Å². The molecule has 10 heteroatoms. The number of Topliss-reactive ketones (excluding diaryl/α,β-unsaturated/α-hetero) is 4. The van der Waals surface area contributed by atoms with Crippen molar-refractivity contribution < 1.29 is 39.3 Å². The van der Waals surface area contributed by atoms with Crippen molar-refractivity contribution in [2.24, 2.45) is 29.4 Å². The highest BCUT2D eigenvalue weighted by atomic mass is 16.3. The summed E-state index contributed by atoms with van der Waals surface area (Å²) >= 11 is 0. The Hall–Kier alpha value is -2.95. The molecule has 0 aromatic heterocycles. The van der Waals surface area contributed by atoms with Gasteiger partial charge in [0.05, 0.1) is 29.5 Å². The molecule has 3 aliphatic rings. The number of amides is 1. The highest BCUT2D eigenvalue weighted by Gasteiger charge is 2.72. The molecule has 1 amide bonds. The molecule has 0 spiro atoms. The molecule has 200 valence electrons. The van der Waals surface area contributed by atoms with Crippen molar-refractivity contribution in [2.45, 2.75) is 63.2 Å². The Morgan fingerprint density at radius 2 is 1.78 bits per heavy atom. The van der Waals surface area contributed by atoms with Crippen LogP contribution in [0.25, 0.3) is 0 Å². The Bertz CT molecular complexity index is 1220. The molecule has 5 N–H and O–H groups in total. The topological polar surface area (TPSA) is 175 Å². The van der Waals surface area contributed by atoms with Crippen LogP contribution < -0.4 is 5.73 Å². The van der Waals surface area contributed by atoms with Crippen LogP contribution in [0.2, 0.25) is 0 Å². The van der Waals surface area contributed by atoms with Crippen LogP contribution in [0.4, 0.5) is 0 Å². The van der Waals surface area contributed by atoms with E-state index in [4.69, 9.17) is 5.73 Å². The fourth-order valence-corrected chi connectivity index (χ4v) is 6.89. The van der Waals surface area contributed by atoms with E-state index in [1.807, 2.05) is 20.8 Å².